The Morgan fingerprint density at radius 1 is 1.11 bits per heavy atom. The molecule has 9 nitrogen and oxygen atoms in total. The zero-order valence-electron chi connectivity index (χ0n) is 25.0. The molecule has 12 heteroatoms. The fourth-order valence-corrected chi connectivity index (χ4v) is 5.91. The molecule has 0 unspecified atom stereocenters. The van der Waals surface area contributed by atoms with Crippen molar-refractivity contribution in [2.24, 2.45) is 5.41 Å². The average molecular weight is 648 g/mol. The van der Waals surface area contributed by atoms with Crippen LogP contribution < -0.4 is 9.47 Å². The molecule has 0 amide bonds. The quantitative estimate of drug-likeness (QED) is 0.168. The Hall–Kier alpha value is -4.53. The predicted octanol–water partition coefficient (Wildman–Crippen LogP) is 6.78. The summed E-state index contributed by atoms with van der Waals surface area (Å²) in [6.45, 7) is 2.52. The molecular formula is C34H32ClF2N5O4. The number of carboxylic acid groups (broad SMARTS) is 1. The number of carbonyl (C=O) groups is 1. The third kappa shape index (κ3) is 7.46. The van der Waals surface area contributed by atoms with Crippen LogP contribution in [0.5, 0.6) is 11.6 Å². The highest BCUT2D eigenvalue weighted by atomic mass is 35.5. The van der Waals surface area contributed by atoms with Crippen LogP contribution in [0.1, 0.15) is 49.2 Å². The molecule has 0 radical (unpaired) electrons. The summed E-state index contributed by atoms with van der Waals surface area (Å²) >= 11 is 5.79. The topological polar surface area (TPSA) is 114 Å². The summed E-state index contributed by atoms with van der Waals surface area (Å²) in [6.07, 6.45) is 6.48. The number of pyridine rings is 1. The predicted molar refractivity (Wildman–Crippen MR) is 167 cm³/mol. The molecule has 2 aromatic carbocycles. The number of benzene rings is 2. The van der Waals surface area contributed by atoms with Crippen LogP contribution in [0.4, 0.5) is 8.78 Å². The molecule has 1 saturated heterocycles. The molecule has 1 aliphatic heterocycles. The van der Waals surface area contributed by atoms with Gasteiger partial charge in [-0.15, -0.1) is 0 Å². The molecule has 238 valence electrons. The van der Waals surface area contributed by atoms with Crippen molar-refractivity contribution in [2.75, 3.05) is 13.1 Å². The molecule has 2 aromatic heterocycles. The molecule has 46 heavy (non-hydrogen) atoms. The Balaban J connectivity index is 1.11. The molecule has 0 spiro atoms. The monoisotopic (exact) mass is 647 g/mol. The summed E-state index contributed by atoms with van der Waals surface area (Å²) in [4.78, 5) is 22.6. The maximum atomic E-state index is 14.5. The smallest absolute Gasteiger partial charge is 0.328 e. The number of likely N-dealkylation sites (tertiary alicyclic amines) is 1. The van der Waals surface area contributed by atoms with Crippen molar-refractivity contribution in [3.05, 3.63) is 88.3 Å². The van der Waals surface area contributed by atoms with E-state index in [0.29, 0.717) is 19.5 Å². The zero-order chi connectivity index (χ0) is 32.3. The first-order valence-electron chi connectivity index (χ1n) is 15.1. The van der Waals surface area contributed by atoms with E-state index in [-0.39, 0.29) is 40.5 Å². The maximum Gasteiger partial charge on any atom is 0.328 e. The second kappa shape index (κ2) is 13.4. The summed E-state index contributed by atoms with van der Waals surface area (Å²) in [5, 5.41) is 18.7. The second-order valence-electron chi connectivity index (χ2n) is 11.9. The minimum Gasteiger partial charge on any atom is -0.484 e. The van der Waals surface area contributed by atoms with Gasteiger partial charge in [0, 0.05) is 48.6 Å². The van der Waals surface area contributed by atoms with Gasteiger partial charge in [0.1, 0.15) is 30.0 Å². The van der Waals surface area contributed by atoms with Gasteiger partial charge in [0.25, 0.3) is 0 Å². The Kier molecular flexibility index (Phi) is 9.20. The van der Waals surface area contributed by atoms with Gasteiger partial charge in [0.05, 0.1) is 23.6 Å². The van der Waals surface area contributed by atoms with E-state index < -0.39 is 17.6 Å². The van der Waals surface area contributed by atoms with Crippen molar-refractivity contribution in [1.29, 1.82) is 5.26 Å². The van der Waals surface area contributed by atoms with E-state index in [1.807, 2.05) is 18.2 Å². The number of rotatable bonds is 12. The molecule has 6 rings (SSSR count). The summed E-state index contributed by atoms with van der Waals surface area (Å²) in [5.74, 6) is -1.10. The highest BCUT2D eigenvalue weighted by Gasteiger charge is 2.43. The van der Waals surface area contributed by atoms with Gasteiger partial charge in [-0.05, 0) is 73.7 Å². The molecular weight excluding hydrogens is 616 g/mol. The van der Waals surface area contributed by atoms with Crippen LogP contribution in [0, 0.1) is 28.4 Å². The standard InChI is InChI=1S/C34H32ClF2N5O4/c35-23-3-6-30(26(37)18-23)45-20-28-25(36)4-7-32(40-28)46-24-9-15-41(16-10-24)19-31-39-27-5-1-22(2-8-33(43)44)17-29(27)42(31)21-34(11-12-34)13-14-38/h1-8,17-18,24H,9-13,15-16,19-21H2,(H,43,44)/b8-2+. The van der Waals surface area contributed by atoms with Crippen molar-refractivity contribution >= 4 is 34.7 Å². The van der Waals surface area contributed by atoms with Crippen LogP contribution in [0.15, 0.2) is 54.6 Å². The van der Waals surface area contributed by atoms with E-state index in [4.69, 9.17) is 31.2 Å². The molecule has 1 aliphatic carbocycles. The number of nitriles is 1. The Labute approximate surface area is 269 Å². The van der Waals surface area contributed by atoms with E-state index in [0.717, 1.165) is 73.3 Å². The van der Waals surface area contributed by atoms with E-state index in [1.54, 1.807) is 6.08 Å². The third-order valence-corrected chi connectivity index (χ3v) is 8.75. The molecule has 1 saturated carbocycles. The number of aliphatic carboxylic acids is 1. The lowest BCUT2D eigenvalue weighted by Gasteiger charge is -2.32. The summed E-state index contributed by atoms with van der Waals surface area (Å²) in [5.41, 5.74) is 2.47. The van der Waals surface area contributed by atoms with E-state index >= 15 is 0 Å². The van der Waals surface area contributed by atoms with E-state index in [2.05, 4.69) is 20.5 Å². The number of imidazole rings is 1. The third-order valence-electron chi connectivity index (χ3n) is 8.51. The van der Waals surface area contributed by atoms with Crippen molar-refractivity contribution in [3.8, 4) is 17.7 Å². The number of piperidine rings is 1. The molecule has 0 bridgehead atoms. The number of aromatic nitrogens is 3. The summed E-state index contributed by atoms with van der Waals surface area (Å²) in [7, 11) is 0. The van der Waals surface area contributed by atoms with Crippen LogP contribution >= 0.6 is 11.6 Å². The minimum absolute atomic E-state index is 0.00892. The number of halogens is 3. The minimum atomic E-state index is -1.01. The average Bonchev–Trinajstić information content (AvgIpc) is 3.72. The van der Waals surface area contributed by atoms with Gasteiger partial charge in [-0.2, -0.15) is 5.26 Å². The zero-order valence-corrected chi connectivity index (χ0v) is 25.7. The second-order valence-corrected chi connectivity index (χ2v) is 12.3. The first-order valence-corrected chi connectivity index (χ1v) is 15.5. The van der Waals surface area contributed by atoms with Gasteiger partial charge >= 0.3 is 5.97 Å². The number of fused-ring (bicyclic) bond motifs is 1. The van der Waals surface area contributed by atoms with Crippen molar-refractivity contribution in [2.45, 2.75) is 57.9 Å². The first kappa shape index (κ1) is 31.5. The Morgan fingerprint density at radius 2 is 1.91 bits per heavy atom. The van der Waals surface area contributed by atoms with Crippen LogP contribution in [-0.2, 0) is 24.5 Å². The number of carboxylic acids is 1. The Bertz CT molecular complexity index is 1830. The lowest BCUT2D eigenvalue weighted by molar-refractivity contribution is -0.131. The van der Waals surface area contributed by atoms with Crippen LogP contribution in [0.2, 0.25) is 5.02 Å². The molecule has 0 atom stereocenters. The van der Waals surface area contributed by atoms with E-state index in [9.17, 15) is 18.8 Å². The normalized spacial score (nSPS) is 16.5. The van der Waals surface area contributed by atoms with Crippen LogP contribution in [0.3, 0.4) is 0 Å². The van der Waals surface area contributed by atoms with Gasteiger partial charge in [-0.1, -0.05) is 17.7 Å². The van der Waals surface area contributed by atoms with Crippen LogP contribution in [0.25, 0.3) is 17.1 Å². The molecule has 1 N–H and O–H groups in total. The lowest BCUT2D eigenvalue weighted by Crippen LogP contribution is -2.38. The maximum absolute atomic E-state index is 14.5. The van der Waals surface area contributed by atoms with Gasteiger partial charge in [0.2, 0.25) is 5.88 Å². The lowest BCUT2D eigenvalue weighted by atomic mass is 10.0. The Morgan fingerprint density at radius 3 is 2.63 bits per heavy atom. The SMILES string of the molecule is N#CCC1(Cn2c(CN3CCC(Oc4ccc(F)c(COc5ccc(Cl)cc5F)n4)CC3)nc3ccc(/C=C/C(=O)O)cc32)CC1. The van der Waals surface area contributed by atoms with Crippen molar-refractivity contribution in [3.63, 3.8) is 0 Å². The van der Waals surface area contributed by atoms with Gasteiger partial charge in [0.15, 0.2) is 11.6 Å². The van der Waals surface area contributed by atoms with E-state index in [1.165, 1.54) is 24.3 Å². The number of hydrogen-bond acceptors (Lipinski definition) is 7. The largest absolute Gasteiger partial charge is 0.484 e. The summed E-state index contributed by atoms with van der Waals surface area (Å²) < 4.78 is 42.3. The number of ether oxygens (including phenoxy) is 2. The number of nitrogens with zero attached hydrogens (tertiary/aromatic N) is 5. The van der Waals surface area contributed by atoms with Crippen molar-refractivity contribution < 1.29 is 28.2 Å². The fourth-order valence-electron chi connectivity index (χ4n) is 5.75. The van der Waals surface area contributed by atoms with Crippen molar-refractivity contribution in [1.82, 2.24) is 19.4 Å². The van der Waals surface area contributed by atoms with Crippen LogP contribution in [-0.4, -0.2) is 49.7 Å². The fraction of sp³-hybridized carbons (Fsp3) is 0.353. The molecule has 3 heterocycles. The number of hydrogen-bond donors (Lipinski definition) is 1. The molecule has 2 fully saturated rings. The van der Waals surface area contributed by atoms with Gasteiger partial charge in [-0.3, -0.25) is 4.90 Å². The van der Waals surface area contributed by atoms with Gasteiger partial charge in [-0.25, -0.2) is 23.5 Å². The molecule has 4 aromatic rings. The summed E-state index contributed by atoms with van der Waals surface area (Å²) in [6, 6.07) is 14.8. The highest BCUT2D eigenvalue weighted by Crippen LogP contribution is 2.50. The molecule has 2 aliphatic rings. The van der Waals surface area contributed by atoms with Gasteiger partial charge < -0.3 is 19.1 Å². The first-order chi connectivity index (χ1) is 22.2. The highest BCUT2D eigenvalue weighted by molar-refractivity contribution is 6.30.